The molecule has 0 radical (unpaired) electrons. The highest BCUT2D eigenvalue weighted by Gasteiger charge is 2.25. The number of ether oxygens (including phenoxy) is 1. The molecule has 0 aromatic carbocycles. The van der Waals surface area contributed by atoms with Crippen LogP contribution in [-0.2, 0) is 4.74 Å². The first-order valence-electron chi connectivity index (χ1n) is 5.84. The number of rotatable bonds is 1. The van der Waals surface area contributed by atoms with E-state index in [1.165, 1.54) is 0 Å². The molecule has 1 atom stereocenters. The van der Waals surface area contributed by atoms with Gasteiger partial charge in [-0.15, -0.1) is 0 Å². The molecule has 1 heterocycles. The Labute approximate surface area is 104 Å². The first kappa shape index (κ1) is 13.8. The molecule has 1 aliphatic rings. The van der Waals surface area contributed by atoms with Crippen LogP contribution in [0.3, 0.4) is 0 Å². The second kappa shape index (κ2) is 4.53. The smallest absolute Gasteiger partial charge is 0.412 e. The quantitative estimate of drug-likeness (QED) is 0.713. The zero-order valence-electron chi connectivity index (χ0n) is 11.6. The number of likely N-dealkylation sites (N-methyl/N-ethyl adjacent to an activating group) is 1. The van der Waals surface area contributed by atoms with Crippen molar-refractivity contribution in [2.75, 3.05) is 14.1 Å². The molecular weight excluding hydrogens is 216 g/mol. The summed E-state index contributed by atoms with van der Waals surface area (Å²) in [7, 11) is 4.18. The summed E-state index contributed by atoms with van der Waals surface area (Å²) in [5.41, 5.74) is 0.308. The van der Waals surface area contributed by atoms with Gasteiger partial charge in [-0.25, -0.2) is 4.79 Å². The summed E-state index contributed by atoms with van der Waals surface area (Å²) in [5.74, 6) is 0. The summed E-state index contributed by atoms with van der Waals surface area (Å²) in [6.45, 7) is 7.68. The number of carbonyl (C=O) groups is 1. The van der Waals surface area contributed by atoms with E-state index in [1.807, 2.05) is 33.0 Å². The van der Waals surface area contributed by atoms with Gasteiger partial charge in [0.1, 0.15) is 17.8 Å². The third-order valence-corrected chi connectivity index (χ3v) is 2.72. The lowest BCUT2D eigenvalue weighted by Crippen LogP contribution is -2.44. The fourth-order valence-electron chi connectivity index (χ4n) is 1.48. The van der Waals surface area contributed by atoms with Crippen molar-refractivity contribution in [2.24, 2.45) is 0 Å². The van der Waals surface area contributed by atoms with Gasteiger partial charge in [-0.05, 0) is 39.8 Å². The number of hydrogen-bond acceptors (Lipinski definition) is 2. The standard InChI is InChI=1S/C13H22N2O2/c1-10-7-8-11(9-15(10,5)6)14-12(16)17-13(2,3)4/h7-10H,1-6H3/p+1. The van der Waals surface area contributed by atoms with Gasteiger partial charge in [0.25, 0.3) is 0 Å². The summed E-state index contributed by atoms with van der Waals surface area (Å²) in [6, 6.07) is 0.402. The van der Waals surface area contributed by atoms with Crippen LogP contribution in [0.4, 0.5) is 4.79 Å². The molecule has 4 nitrogen and oxygen atoms in total. The van der Waals surface area contributed by atoms with Crippen LogP contribution in [0.2, 0.25) is 0 Å². The Kier molecular flexibility index (Phi) is 3.67. The van der Waals surface area contributed by atoms with Crippen LogP contribution in [0.15, 0.2) is 24.0 Å². The van der Waals surface area contributed by atoms with Crippen LogP contribution in [0.25, 0.3) is 0 Å². The van der Waals surface area contributed by atoms with Gasteiger partial charge in [0.05, 0.1) is 19.8 Å². The van der Waals surface area contributed by atoms with Crippen LogP contribution in [0.5, 0.6) is 0 Å². The maximum absolute atomic E-state index is 11.6. The zero-order chi connectivity index (χ0) is 13.3. The topological polar surface area (TPSA) is 38.3 Å². The molecule has 17 heavy (non-hydrogen) atoms. The lowest BCUT2D eigenvalue weighted by Gasteiger charge is -2.33. The lowest BCUT2D eigenvalue weighted by atomic mass is 10.1. The Morgan fingerprint density at radius 3 is 2.47 bits per heavy atom. The Bertz CT molecular complexity index is 362. The Morgan fingerprint density at radius 1 is 1.41 bits per heavy atom. The van der Waals surface area contributed by atoms with E-state index in [0.717, 1.165) is 5.70 Å². The van der Waals surface area contributed by atoms with E-state index in [2.05, 4.69) is 32.4 Å². The zero-order valence-corrected chi connectivity index (χ0v) is 11.6. The molecule has 0 aromatic heterocycles. The third-order valence-electron chi connectivity index (χ3n) is 2.72. The summed E-state index contributed by atoms with van der Waals surface area (Å²) >= 11 is 0. The van der Waals surface area contributed by atoms with Gasteiger partial charge in [0.15, 0.2) is 0 Å². The Hall–Kier alpha value is -1.29. The number of alkyl carbamates (subject to hydrolysis) is 1. The lowest BCUT2D eigenvalue weighted by molar-refractivity contribution is -0.857. The molecule has 96 valence electrons. The van der Waals surface area contributed by atoms with E-state index in [-0.39, 0.29) is 0 Å². The van der Waals surface area contributed by atoms with Crippen LogP contribution < -0.4 is 5.32 Å². The molecule has 1 rings (SSSR count). The molecule has 1 unspecified atom stereocenters. The molecule has 0 saturated carbocycles. The summed E-state index contributed by atoms with van der Waals surface area (Å²) < 4.78 is 5.91. The Balaban J connectivity index is 2.65. The molecule has 1 amide bonds. The molecular formula is C13H23N2O2+. The number of nitrogens with zero attached hydrogens (tertiary/aromatic N) is 1. The van der Waals surface area contributed by atoms with E-state index in [4.69, 9.17) is 4.74 Å². The number of hydrogen-bond donors (Lipinski definition) is 1. The number of allylic oxidation sites excluding steroid dienone is 1. The van der Waals surface area contributed by atoms with Gasteiger partial charge in [-0.1, -0.05) is 0 Å². The molecule has 0 bridgehead atoms. The van der Waals surface area contributed by atoms with Crippen LogP contribution in [-0.4, -0.2) is 36.3 Å². The van der Waals surface area contributed by atoms with Crippen molar-refractivity contribution in [2.45, 2.75) is 39.3 Å². The molecule has 0 fully saturated rings. The van der Waals surface area contributed by atoms with Crippen molar-refractivity contribution in [3.63, 3.8) is 0 Å². The summed E-state index contributed by atoms with van der Waals surface area (Å²) in [6.07, 6.45) is 5.59. The fraction of sp³-hybridized carbons (Fsp3) is 0.615. The van der Waals surface area contributed by atoms with Gasteiger partial charge < -0.3 is 4.74 Å². The van der Waals surface area contributed by atoms with E-state index in [0.29, 0.717) is 10.5 Å². The van der Waals surface area contributed by atoms with E-state index >= 15 is 0 Å². The average Bonchev–Trinajstić information content (AvgIpc) is 2.07. The summed E-state index contributed by atoms with van der Waals surface area (Å²) in [5, 5.41) is 2.75. The highest BCUT2D eigenvalue weighted by molar-refractivity contribution is 5.70. The van der Waals surface area contributed by atoms with E-state index < -0.39 is 11.7 Å². The highest BCUT2D eigenvalue weighted by Crippen LogP contribution is 2.17. The number of carbonyl (C=O) groups excluding carboxylic acids is 1. The van der Waals surface area contributed by atoms with Crippen molar-refractivity contribution >= 4 is 6.09 Å². The van der Waals surface area contributed by atoms with Gasteiger partial charge in [0.2, 0.25) is 0 Å². The molecule has 0 aliphatic carbocycles. The van der Waals surface area contributed by atoms with Gasteiger partial charge >= 0.3 is 6.09 Å². The minimum absolute atomic E-state index is 0.402. The molecule has 0 saturated heterocycles. The van der Waals surface area contributed by atoms with Crippen molar-refractivity contribution in [1.82, 2.24) is 5.32 Å². The van der Waals surface area contributed by atoms with Crippen LogP contribution in [0.1, 0.15) is 27.7 Å². The molecule has 0 aromatic rings. The van der Waals surface area contributed by atoms with E-state index in [9.17, 15) is 4.79 Å². The first-order chi connectivity index (χ1) is 7.60. The monoisotopic (exact) mass is 239 g/mol. The second-order valence-corrected chi connectivity index (χ2v) is 5.94. The summed E-state index contributed by atoms with van der Waals surface area (Å²) in [4.78, 5) is 11.6. The first-order valence-corrected chi connectivity index (χ1v) is 5.84. The number of amides is 1. The minimum Gasteiger partial charge on any atom is -0.444 e. The van der Waals surface area contributed by atoms with Crippen LogP contribution in [0, 0.1) is 0 Å². The van der Waals surface area contributed by atoms with Crippen molar-refractivity contribution in [1.29, 1.82) is 0 Å². The molecule has 1 aliphatic heterocycles. The normalized spacial score (nSPS) is 22.9. The maximum atomic E-state index is 11.6. The highest BCUT2D eigenvalue weighted by atomic mass is 16.6. The molecule has 0 spiro atoms. The minimum atomic E-state index is -0.472. The van der Waals surface area contributed by atoms with Crippen molar-refractivity contribution in [3.05, 3.63) is 24.0 Å². The largest absolute Gasteiger partial charge is 0.444 e. The number of quaternary nitrogens is 1. The van der Waals surface area contributed by atoms with Crippen molar-refractivity contribution < 1.29 is 14.0 Å². The molecule has 1 N–H and O–H groups in total. The van der Waals surface area contributed by atoms with Gasteiger partial charge in [0, 0.05) is 0 Å². The SMILES string of the molecule is CC1C=CC(NC(=O)OC(C)(C)C)=C[N+]1(C)C. The van der Waals surface area contributed by atoms with Crippen molar-refractivity contribution in [3.8, 4) is 0 Å². The van der Waals surface area contributed by atoms with E-state index in [1.54, 1.807) is 0 Å². The Morgan fingerprint density at radius 2 is 2.00 bits per heavy atom. The number of nitrogens with one attached hydrogen (secondary N) is 1. The predicted molar refractivity (Wildman–Crippen MR) is 68.2 cm³/mol. The predicted octanol–water partition coefficient (Wildman–Crippen LogP) is 2.39. The van der Waals surface area contributed by atoms with Gasteiger partial charge in [-0.2, -0.15) is 0 Å². The maximum Gasteiger partial charge on any atom is 0.412 e. The van der Waals surface area contributed by atoms with Crippen LogP contribution >= 0.6 is 0 Å². The second-order valence-electron chi connectivity index (χ2n) is 5.94. The molecule has 4 heteroatoms. The average molecular weight is 239 g/mol. The van der Waals surface area contributed by atoms with Gasteiger partial charge in [-0.3, -0.25) is 9.80 Å². The third kappa shape index (κ3) is 4.23. The fourth-order valence-corrected chi connectivity index (χ4v) is 1.48.